The zero-order valence-corrected chi connectivity index (χ0v) is 12.8. The lowest BCUT2D eigenvalue weighted by Crippen LogP contribution is -2.46. The van der Waals surface area contributed by atoms with Gasteiger partial charge in [-0.1, -0.05) is 17.7 Å². The summed E-state index contributed by atoms with van der Waals surface area (Å²) < 4.78 is 0. The maximum absolute atomic E-state index is 12.1. The van der Waals surface area contributed by atoms with Gasteiger partial charge in [0, 0.05) is 23.3 Å². The summed E-state index contributed by atoms with van der Waals surface area (Å²) in [7, 11) is 1.98. The Morgan fingerprint density at radius 2 is 2.30 bits per heavy atom. The lowest BCUT2D eigenvalue weighted by molar-refractivity contribution is -0.117. The van der Waals surface area contributed by atoms with Crippen molar-refractivity contribution in [1.82, 2.24) is 10.2 Å². The molecule has 0 aromatic heterocycles. The van der Waals surface area contributed by atoms with Crippen molar-refractivity contribution in [3.05, 3.63) is 28.8 Å². The van der Waals surface area contributed by atoms with Gasteiger partial charge in [-0.2, -0.15) is 0 Å². The van der Waals surface area contributed by atoms with Gasteiger partial charge in [-0.15, -0.1) is 0 Å². The molecule has 0 aliphatic carbocycles. The van der Waals surface area contributed by atoms with Gasteiger partial charge in [0.2, 0.25) is 5.91 Å². The van der Waals surface area contributed by atoms with Crippen LogP contribution < -0.4 is 10.6 Å². The molecule has 4 nitrogen and oxygen atoms in total. The Kier molecular flexibility index (Phi) is 5.40. The van der Waals surface area contributed by atoms with Crippen LogP contribution >= 0.6 is 11.6 Å². The highest BCUT2D eigenvalue weighted by atomic mass is 35.5. The topological polar surface area (TPSA) is 44.4 Å². The number of amides is 1. The van der Waals surface area contributed by atoms with Gasteiger partial charge in [0.05, 0.1) is 6.54 Å². The fraction of sp³-hybridized carbons (Fsp3) is 0.533. The first-order chi connectivity index (χ1) is 9.60. The lowest BCUT2D eigenvalue weighted by Gasteiger charge is -2.31. The average molecular weight is 296 g/mol. The van der Waals surface area contributed by atoms with Crippen LogP contribution in [0.3, 0.4) is 0 Å². The van der Waals surface area contributed by atoms with E-state index in [0.717, 1.165) is 30.8 Å². The quantitative estimate of drug-likeness (QED) is 0.896. The van der Waals surface area contributed by atoms with E-state index in [1.54, 1.807) is 0 Å². The molecule has 1 aromatic rings. The van der Waals surface area contributed by atoms with Gasteiger partial charge in [-0.3, -0.25) is 9.69 Å². The highest BCUT2D eigenvalue weighted by molar-refractivity contribution is 6.31. The van der Waals surface area contributed by atoms with E-state index in [9.17, 15) is 4.79 Å². The number of likely N-dealkylation sites (tertiary alicyclic amines) is 1. The lowest BCUT2D eigenvalue weighted by atomic mass is 10.1. The van der Waals surface area contributed by atoms with E-state index in [-0.39, 0.29) is 5.91 Å². The number of anilines is 1. The normalized spacial score (nSPS) is 19.9. The van der Waals surface area contributed by atoms with E-state index in [1.807, 2.05) is 32.2 Å². The van der Waals surface area contributed by atoms with Crippen LogP contribution in [-0.4, -0.2) is 43.5 Å². The van der Waals surface area contributed by atoms with Crippen molar-refractivity contribution in [3.8, 4) is 0 Å². The highest BCUT2D eigenvalue weighted by Crippen LogP contribution is 2.22. The molecule has 0 radical (unpaired) electrons. The number of benzene rings is 1. The number of hydrogen-bond acceptors (Lipinski definition) is 3. The van der Waals surface area contributed by atoms with Crippen LogP contribution in [0, 0.1) is 6.92 Å². The third-order valence-electron chi connectivity index (χ3n) is 3.82. The van der Waals surface area contributed by atoms with Crippen molar-refractivity contribution in [1.29, 1.82) is 0 Å². The van der Waals surface area contributed by atoms with Crippen LogP contribution in [0.15, 0.2) is 18.2 Å². The summed E-state index contributed by atoms with van der Waals surface area (Å²) in [5.74, 6) is 0.0205. The Balaban J connectivity index is 1.90. The highest BCUT2D eigenvalue weighted by Gasteiger charge is 2.20. The second kappa shape index (κ2) is 7.07. The Hall–Kier alpha value is -1.10. The third kappa shape index (κ3) is 3.95. The van der Waals surface area contributed by atoms with E-state index in [2.05, 4.69) is 15.5 Å². The van der Waals surface area contributed by atoms with E-state index in [0.29, 0.717) is 17.6 Å². The maximum Gasteiger partial charge on any atom is 0.238 e. The first-order valence-electron chi connectivity index (χ1n) is 7.04. The molecule has 1 unspecified atom stereocenters. The molecule has 110 valence electrons. The number of carbonyl (C=O) groups is 1. The van der Waals surface area contributed by atoms with Crippen LogP contribution in [0.5, 0.6) is 0 Å². The molecule has 1 aliphatic heterocycles. The summed E-state index contributed by atoms with van der Waals surface area (Å²) in [6, 6.07) is 6.05. The molecule has 1 aliphatic rings. The molecule has 1 heterocycles. The van der Waals surface area contributed by atoms with E-state index >= 15 is 0 Å². The molecule has 1 amide bonds. The van der Waals surface area contributed by atoms with Crippen LogP contribution in [-0.2, 0) is 4.79 Å². The summed E-state index contributed by atoms with van der Waals surface area (Å²) in [5.41, 5.74) is 1.71. The summed E-state index contributed by atoms with van der Waals surface area (Å²) >= 11 is 6.06. The molecule has 1 saturated heterocycles. The molecule has 1 aromatic carbocycles. The number of halogens is 1. The van der Waals surface area contributed by atoms with Gasteiger partial charge in [0.15, 0.2) is 0 Å². The van der Waals surface area contributed by atoms with Gasteiger partial charge in [-0.05, 0) is 51.1 Å². The van der Waals surface area contributed by atoms with Crippen molar-refractivity contribution >= 4 is 23.2 Å². The average Bonchev–Trinajstić information content (AvgIpc) is 2.44. The van der Waals surface area contributed by atoms with Gasteiger partial charge >= 0.3 is 0 Å². The van der Waals surface area contributed by atoms with E-state index < -0.39 is 0 Å². The molecule has 0 spiro atoms. The Labute approximate surface area is 125 Å². The zero-order chi connectivity index (χ0) is 14.5. The van der Waals surface area contributed by atoms with Crippen molar-refractivity contribution in [3.63, 3.8) is 0 Å². The Morgan fingerprint density at radius 1 is 1.50 bits per heavy atom. The van der Waals surface area contributed by atoms with Crippen LogP contribution in [0.1, 0.15) is 18.4 Å². The van der Waals surface area contributed by atoms with Crippen LogP contribution in [0.25, 0.3) is 0 Å². The summed E-state index contributed by atoms with van der Waals surface area (Å²) in [5, 5.41) is 6.91. The number of likely N-dealkylation sites (N-methyl/N-ethyl adjacent to an activating group) is 1. The monoisotopic (exact) mass is 295 g/mol. The molecule has 2 N–H and O–H groups in total. The van der Waals surface area contributed by atoms with Crippen LogP contribution in [0.2, 0.25) is 5.02 Å². The van der Waals surface area contributed by atoms with Crippen molar-refractivity contribution in [2.45, 2.75) is 25.8 Å². The van der Waals surface area contributed by atoms with Crippen molar-refractivity contribution < 1.29 is 4.79 Å². The predicted molar refractivity (Wildman–Crippen MR) is 83.3 cm³/mol. The molecule has 20 heavy (non-hydrogen) atoms. The molecule has 1 fully saturated rings. The number of nitrogens with one attached hydrogen (secondary N) is 2. The summed E-state index contributed by atoms with van der Waals surface area (Å²) in [6.07, 6.45) is 2.32. The first kappa shape index (κ1) is 15.3. The largest absolute Gasteiger partial charge is 0.325 e. The molecule has 2 rings (SSSR count). The minimum Gasteiger partial charge on any atom is -0.325 e. The molecule has 0 bridgehead atoms. The molecule has 1 atom stereocenters. The Bertz CT molecular complexity index is 478. The maximum atomic E-state index is 12.1. The first-order valence-corrected chi connectivity index (χ1v) is 7.42. The second-order valence-electron chi connectivity index (χ2n) is 5.32. The number of nitrogens with zero attached hydrogens (tertiary/aromatic N) is 1. The molecular formula is C15H22ClN3O. The van der Waals surface area contributed by atoms with Crippen LogP contribution in [0.4, 0.5) is 5.69 Å². The van der Waals surface area contributed by atoms with Gasteiger partial charge in [0.1, 0.15) is 0 Å². The molecule has 0 saturated carbocycles. The minimum atomic E-state index is 0.0205. The van der Waals surface area contributed by atoms with Gasteiger partial charge < -0.3 is 10.6 Å². The minimum absolute atomic E-state index is 0.0205. The number of carbonyl (C=O) groups excluding carboxylic acids is 1. The number of hydrogen-bond donors (Lipinski definition) is 2. The molecular weight excluding hydrogens is 274 g/mol. The fourth-order valence-electron chi connectivity index (χ4n) is 2.57. The number of piperidine rings is 1. The van der Waals surface area contributed by atoms with Crippen molar-refractivity contribution in [2.24, 2.45) is 0 Å². The standard InChI is InChI=1S/C15H22ClN3O/c1-11-13(16)6-3-7-14(11)18-15(20)10-19-8-4-5-12(9-19)17-2/h3,6-7,12,17H,4-5,8-10H2,1-2H3,(H,18,20). The molecule has 5 heteroatoms. The SMILES string of the molecule is CNC1CCCN(CC(=O)Nc2cccc(Cl)c2C)C1. The van der Waals surface area contributed by atoms with Gasteiger partial charge in [0.25, 0.3) is 0 Å². The van der Waals surface area contributed by atoms with Crippen molar-refractivity contribution in [2.75, 3.05) is 32.0 Å². The van der Waals surface area contributed by atoms with E-state index in [1.165, 1.54) is 6.42 Å². The zero-order valence-electron chi connectivity index (χ0n) is 12.1. The fourth-order valence-corrected chi connectivity index (χ4v) is 2.75. The Morgan fingerprint density at radius 3 is 3.05 bits per heavy atom. The number of rotatable bonds is 4. The summed E-state index contributed by atoms with van der Waals surface area (Å²) in [6.45, 7) is 4.26. The smallest absolute Gasteiger partial charge is 0.238 e. The third-order valence-corrected chi connectivity index (χ3v) is 4.23. The summed E-state index contributed by atoms with van der Waals surface area (Å²) in [4.78, 5) is 14.3. The van der Waals surface area contributed by atoms with E-state index in [4.69, 9.17) is 11.6 Å². The van der Waals surface area contributed by atoms with Gasteiger partial charge in [-0.25, -0.2) is 0 Å². The predicted octanol–water partition coefficient (Wildman–Crippen LogP) is 2.27. The second-order valence-corrected chi connectivity index (χ2v) is 5.73.